The van der Waals surface area contributed by atoms with Gasteiger partial charge < -0.3 is 5.32 Å². The van der Waals surface area contributed by atoms with Crippen LogP contribution in [0.5, 0.6) is 0 Å². The molecule has 2 aromatic rings. The van der Waals surface area contributed by atoms with E-state index in [0.717, 1.165) is 10.6 Å². The van der Waals surface area contributed by atoms with Crippen LogP contribution in [-0.4, -0.2) is 31.9 Å². The maximum atomic E-state index is 12.9. The van der Waals surface area contributed by atoms with Gasteiger partial charge in [0, 0.05) is 12.7 Å². The fourth-order valence-corrected chi connectivity index (χ4v) is 2.70. The summed E-state index contributed by atoms with van der Waals surface area (Å²) in [5.74, 6) is -0.938. The highest BCUT2D eigenvalue weighted by Gasteiger charge is 2.30. The number of rotatable bonds is 5. The SMILES string of the molecule is CN([C@@H](C(=O)Nc1ccc(F)cc1)c1ccccc1)S(C)(=O)=O. The Kier molecular flexibility index (Phi) is 5.12. The van der Waals surface area contributed by atoms with E-state index in [1.54, 1.807) is 30.3 Å². The zero-order valence-corrected chi connectivity index (χ0v) is 13.5. The molecule has 23 heavy (non-hydrogen) atoms. The number of carbonyl (C=O) groups is 1. The molecule has 2 rings (SSSR count). The molecule has 0 fully saturated rings. The average molecular weight is 336 g/mol. The van der Waals surface area contributed by atoms with Crippen molar-refractivity contribution >= 4 is 21.6 Å². The first kappa shape index (κ1) is 17.1. The molecule has 0 bridgehead atoms. The van der Waals surface area contributed by atoms with Gasteiger partial charge in [-0.05, 0) is 29.8 Å². The molecule has 0 saturated heterocycles. The lowest BCUT2D eigenvalue weighted by Crippen LogP contribution is -2.38. The molecule has 7 heteroatoms. The fourth-order valence-electron chi connectivity index (χ4n) is 2.10. The minimum atomic E-state index is -3.58. The lowest BCUT2D eigenvalue weighted by atomic mass is 10.1. The van der Waals surface area contributed by atoms with Gasteiger partial charge in [0.2, 0.25) is 15.9 Å². The van der Waals surface area contributed by atoms with Gasteiger partial charge in [-0.3, -0.25) is 4.79 Å². The second kappa shape index (κ2) is 6.89. The molecule has 0 heterocycles. The summed E-state index contributed by atoms with van der Waals surface area (Å²) < 4.78 is 37.6. The van der Waals surface area contributed by atoms with Crippen LogP contribution in [0.4, 0.5) is 10.1 Å². The molecule has 0 unspecified atom stereocenters. The largest absolute Gasteiger partial charge is 0.324 e. The van der Waals surface area contributed by atoms with Gasteiger partial charge in [0.15, 0.2) is 0 Å². The molecule has 0 saturated carbocycles. The van der Waals surface area contributed by atoms with Crippen molar-refractivity contribution < 1.29 is 17.6 Å². The number of hydrogen-bond acceptors (Lipinski definition) is 3. The third-order valence-corrected chi connectivity index (χ3v) is 4.62. The molecule has 5 nitrogen and oxygen atoms in total. The van der Waals surface area contributed by atoms with Gasteiger partial charge in [-0.15, -0.1) is 0 Å². The van der Waals surface area contributed by atoms with Gasteiger partial charge >= 0.3 is 0 Å². The van der Waals surface area contributed by atoms with Crippen molar-refractivity contribution in [3.8, 4) is 0 Å². The van der Waals surface area contributed by atoms with Crippen molar-refractivity contribution in [3.05, 3.63) is 66.0 Å². The van der Waals surface area contributed by atoms with E-state index in [-0.39, 0.29) is 0 Å². The van der Waals surface area contributed by atoms with Gasteiger partial charge in [0.05, 0.1) is 6.26 Å². The Balaban J connectivity index is 2.33. The molecule has 0 aliphatic heterocycles. The van der Waals surface area contributed by atoms with Crippen molar-refractivity contribution in [2.45, 2.75) is 6.04 Å². The Morgan fingerprint density at radius 1 is 1.09 bits per heavy atom. The van der Waals surface area contributed by atoms with Gasteiger partial charge in [-0.2, -0.15) is 4.31 Å². The number of amides is 1. The number of benzene rings is 2. The average Bonchev–Trinajstić information content (AvgIpc) is 2.50. The van der Waals surface area contributed by atoms with Crippen molar-refractivity contribution in [3.63, 3.8) is 0 Å². The molecule has 2 aromatic carbocycles. The number of carbonyl (C=O) groups excluding carboxylic acids is 1. The number of nitrogens with zero attached hydrogens (tertiary/aromatic N) is 1. The summed E-state index contributed by atoms with van der Waals surface area (Å²) in [6.45, 7) is 0. The fraction of sp³-hybridized carbons (Fsp3) is 0.188. The van der Waals surface area contributed by atoms with Gasteiger partial charge in [0.25, 0.3) is 0 Å². The summed E-state index contributed by atoms with van der Waals surface area (Å²) in [5.41, 5.74) is 0.930. The quantitative estimate of drug-likeness (QED) is 0.912. The zero-order valence-electron chi connectivity index (χ0n) is 12.7. The molecule has 0 aromatic heterocycles. The Morgan fingerprint density at radius 3 is 2.17 bits per heavy atom. The Labute approximate surface area is 134 Å². The standard InChI is InChI=1S/C16H17FN2O3S/c1-19(23(2,21)22)15(12-6-4-3-5-7-12)16(20)18-14-10-8-13(17)9-11-14/h3-11,15H,1-2H3,(H,18,20)/t15-/m1/s1. The minimum absolute atomic E-state index is 0.388. The molecule has 1 N–H and O–H groups in total. The predicted molar refractivity (Wildman–Crippen MR) is 86.8 cm³/mol. The van der Waals surface area contributed by atoms with Gasteiger partial charge in [-0.1, -0.05) is 30.3 Å². The normalized spacial score (nSPS) is 12.9. The highest BCUT2D eigenvalue weighted by molar-refractivity contribution is 7.88. The topological polar surface area (TPSA) is 66.5 Å². The van der Waals surface area contributed by atoms with Crippen LogP contribution in [-0.2, 0) is 14.8 Å². The van der Waals surface area contributed by atoms with Crippen LogP contribution in [0.1, 0.15) is 11.6 Å². The molecule has 122 valence electrons. The Bertz CT molecular complexity index is 777. The smallest absolute Gasteiger partial charge is 0.247 e. The highest BCUT2D eigenvalue weighted by Crippen LogP contribution is 2.23. The lowest BCUT2D eigenvalue weighted by Gasteiger charge is -2.25. The number of likely N-dealkylation sites (N-methyl/N-ethyl adjacent to an activating group) is 1. The number of hydrogen-bond donors (Lipinski definition) is 1. The Hall–Kier alpha value is -2.25. The molecular weight excluding hydrogens is 319 g/mol. The summed E-state index contributed by atoms with van der Waals surface area (Å²) >= 11 is 0. The van der Waals surface area contributed by atoms with Crippen LogP contribution < -0.4 is 5.32 Å². The van der Waals surface area contributed by atoms with Crippen molar-refractivity contribution in [2.24, 2.45) is 0 Å². The van der Waals surface area contributed by atoms with Gasteiger partial charge in [-0.25, -0.2) is 12.8 Å². The van der Waals surface area contributed by atoms with Crippen molar-refractivity contribution in [1.29, 1.82) is 0 Å². The van der Waals surface area contributed by atoms with E-state index in [4.69, 9.17) is 0 Å². The second-order valence-electron chi connectivity index (χ2n) is 5.09. The first-order chi connectivity index (χ1) is 10.8. The third kappa shape index (κ3) is 4.37. The minimum Gasteiger partial charge on any atom is -0.324 e. The lowest BCUT2D eigenvalue weighted by molar-refractivity contribution is -0.119. The first-order valence-electron chi connectivity index (χ1n) is 6.83. The van der Waals surface area contributed by atoms with Crippen molar-refractivity contribution in [1.82, 2.24) is 4.31 Å². The summed E-state index contributed by atoms with van der Waals surface area (Å²) in [4.78, 5) is 12.6. The zero-order chi connectivity index (χ0) is 17.0. The van der Waals surface area contributed by atoms with E-state index in [2.05, 4.69) is 5.32 Å². The summed E-state index contributed by atoms with van der Waals surface area (Å²) in [5, 5.41) is 2.61. The Morgan fingerprint density at radius 2 is 1.65 bits per heavy atom. The summed E-state index contributed by atoms with van der Waals surface area (Å²) in [7, 11) is -2.24. The number of anilines is 1. The van der Waals surface area contributed by atoms with Crippen LogP contribution >= 0.6 is 0 Å². The summed E-state index contributed by atoms with van der Waals surface area (Å²) in [6.07, 6.45) is 1.04. The van der Waals surface area contributed by atoms with E-state index >= 15 is 0 Å². The highest BCUT2D eigenvalue weighted by atomic mass is 32.2. The molecule has 0 radical (unpaired) electrons. The molecule has 1 atom stereocenters. The third-order valence-electron chi connectivity index (χ3n) is 3.36. The molecular formula is C16H17FN2O3S. The first-order valence-corrected chi connectivity index (χ1v) is 8.68. The monoisotopic (exact) mass is 336 g/mol. The molecule has 0 spiro atoms. The van der Waals surface area contributed by atoms with Crippen LogP contribution in [0.2, 0.25) is 0 Å². The van der Waals surface area contributed by atoms with E-state index in [0.29, 0.717) is 11.3 Å². The van der Waals surface area contributed by atoms with Crippen LogP contribution in [0, 0.1) is 5.82 Å². The number of sulfonamides is 1. The van der Waals surface area contributed by atoms with Crippen LogP contribution in [0.3, 0.4) is 0 Å². The number of nitrogens with one attached hydrogen (secondary N) is 1. The molecule has 1 amide bonds. The number of halogens is 1. The van der Waals surface area contributed by atoms with Gasteiger partial charge in [0.1, 0.15) is 11.9 Å². The summed E-state index contributed by atoms with van der Waals surface area (Å²) in [6, 6.07) is 12.8. The maximum absolute atomic E-state index is 12.9. The molecule has 0 aliphatic rings. The second-order valence-corrected chi connectivity index (χ2v) is 7.13. The predicted octanol–water partition coefficient (Wildman–Crippen LogP) is 2.40. The van der Waals surface area contributed by atoms with Crippen LogP contribution in [0.15, 0.2) is 54.6 Å². The van der Waals surface area contributed by atoms with E-state index in [9.17, 15) is 17.6 Å². The van der Waals surface area contributed by atoms with Crippen LogP contribution in [0.25, 0.3) is 0 Å². The van der Waals surface area contributed by atoms with E-state index < -0.39 is 27.8 Å². The van der Waals surface area contributed by atoms with E-state index in [1.807, 2.05) is 0 Å². The maximum Gasteiger partial charge on any atom is 0.247 e. The van der Waals surface area contributed by atoms with Crippen molar-refractivity contribution in [2.75, 3.05) is 18.6 Å². The van der Waals surface area contributed by atoms with E-state index in [1.165, 1.54) is 31.3 Å². The molecule has 0 aliphatic carbocycles.